The molecule has 0 aliphatic rings. The third-order valence-corrected chi connectivity index (χ3v) is 3.99. The number of nitrogens with one attached hydrogen (secondary N) is 2. The van der Waals surface area contributed by atoms with E-state index < -0.39 is 7.59 Å². The highest BCUT2D eigenvalue weighted by molar-refractivity contribution is 7.56. The van der Waals surface area contributed by atoms with E-state index in [2.05, 4.69) is 5.09 Å². The predicted molar refractivity (Wildman–Crippen MR) is 77.6 cm³/mol. The van der Waals surface area contributed by atoms with Crippen LogP contribution in [0.5, 0.6) is 0 Å². The molecule has 0 bridgehead atoms. The van der Waals surface area contributed by atoms with Gasteiger partial charge in [0.25, 0.3) is 7.59 Å². The highest BCUT2D eigenvalue weighted by Gasteiger charge is 2.23. The molecule has 1 atom stereocenters. The van der Waals surface area contributed by atoms with Gasteiger partial charge in [0.15, 0.2) is 0 Å². The van der Waals surface area contributed by atoms with Crippen LogP contribution in [0.1, 0.15) is 20.3 Å². The molecule has 0 rings (SSSR count). The number of hydrogen-bond donors (Lipinski definition) is 3. The van der Waals surface area contributed by atoms with Crippen molar-refractivity contribution >= 4 is 37.0 Å². The molecule has 0 fully saturated rings. The summed E-state index contributed by atoms with van der Waals surface area (Å²) in [5.74, 6) is 0.703. The quantitative estimate of drug-likeness (QED) is 0.264. The van der Waals surface area contributed by atoms with Gasteiger partial charge in [-0.3, -0.25) is 10.1 Å². The number of hydrogen-bond acceptors (Lipinski definition) is 2. The standard InChI is InChI=1S/C7H17Cl2N4OP.C2H6/c8-2-6-13(7-3-9)15(11,14)12-5-1-4-10;1-2/h4,10H,1-3,5-7H2,(H3,11,12,14);1-2H3. The number of nitrogens with zero attached hydrogens (tertiary/aromatic N) is 1. The lowest BCUT2D eigenvalue weighted by molar-refractivity contribution is 0.436. The Balaban J connectivity index is 0. The minimum Gasteiger partial charge on any atom is -0.313 e. The summed E-state index contributed by atoms with van der Waals surface area (Å²) in [5, 5.41) is 9.55. The molecule has 0 aromatic heterocycles. The van der Waals surface area contributed by atoms with Crippen molar-refractivity contribution in [2.45, 2.75) is 20.3 Å². The Morgan fingerprint density at radius 2 is 1.82 bits per heavy atom. The number of nitrogens with two attached hydrogens (primary N) is 1. The van der Waals surface area contributed by atoms with Gasteiger partial charge in [-0.1, -0.05) is 13.8 Å². The molecule has 0 radical (unpaired) electrons. The number of rotatable bonds is 9. The van der Waals surface area contributed by atoms with Gasteiger partial charge in [0.05, 0.1) is 0 Å². The van der Waals surface area contributed by atoms with Gasteiger partial charge in [-0.25, -0.2) is 9.76 Å². The van der Waals surface area contributed by atoms with Crippen molar-refractivity contribution in [3.63, 3.8) is 0 Å². The van der Waals surface area contributed by atoms with Crippen LogP contribution in [0.4, 0.5) is 0 Å². The van der Waals surface area contributed by atoms with E-state index in [1.165, 1.54) is 6.21 Å². The highest BCUT2D eigenvalue weighted by Crippen LogP contribution is 2.35. The monoisotopic (exact) mass is 304 g/mol. The van der Waals surface area contributed by atoms with Gasteiger partial charge in [0, 0.05) is 31.4 Å². The van der Waals surface area contributed by atoms with Crippen LogP contribution in [0.15, 0.2) is 0 Å². The van der Waals surface area contributed by atoms with Crippen LogP contribution in [-0.2, 0) is 4.57 Å². The van der Waals surface area contributed by atoms with Gasteiger partial charge < -0.3 is 5.41 Å². The molecule has 0 aliphatic carbocycles. The highest BCUT2D eigenvalue weighted by atomic mass is 35.5. The minimum absolute atomic E-state index is 0.352. The van der Waals surface area contributed by atoms with Gasteiger partial charge in [0.2, 0.25) is 0 Å². The van der Waals surface area contributed by atoms with E-state index >= 15 is 0 Å². The van der Waals surface area contributed by atoms with Gasteiger partial charge in [-0.05, 0) is 12.6 Å². The summed E-state index contributed by atoms with van der Waals surface area (Å²) in [4.78, 5) is 0. The van der Waals surface area contributed by atoms with Crippen molar-refractivity contribution in [1.29, 1.82) is 5.41 Å². The average Bonchev–Trinajstić information content (AvgIpc) is 2.31. The topological polar surface area (TPSA) is 82.2 Å². The predicted octanol–water partition coefficient (Wildman–Crippen LogP) is 2.49. The van der Waals surface area contributed by atoms with Crippen molar-refractivity contribution in [3.05, 3.63) is 0 Å². The summed E-state index contributed by atoms with van der Waals surface area (Å²) in [5.41, 5.74) is 5.65. The van der Waals surface area contributed by atoms with E-state index in [-0.39, 0.29) is 0 Å². The fourth-order valence-corrected chi connectivity index (χ4v) is 3.09. The lowest BCUT2D eigenvalue weighted by Gasteiger charge is -2.27. The molecule has 0 heterocycles. The Labute approximate surface area is 114 Å². The zero-order valence-corrected chi connectivity index (χ0v) is 12.9. The van der Waals surface area contributed by atoms with Crippen molar-refractivity contribution in [2.24, 2.45) is 5.50 Å². The van der Waals surface area contributed by atoms with Crippen LogP contribution >= 0.6 is 30.8 Å². The maximum Gasteiger partial charge on any atom is 0.279 e. The molecule has 0 aromatic carbocycles. The fraction of sp³-hybridized carbons (Fsp3) is 0.889. The van der Waals surface area contributed by atoms with Gasteiger partial charge in [-0.15, -0.1) is 23.2 Å². The molecule has 0 saturated heterocycles. The van der Waals surface area contributed by atoms with Crippen molar-refractivity contribution in [2.75, 3.05) is 31.4 Å². The molecule has 104 valence electrons. The van der Waals surface area contributed by atoms with Crippen LogP contribution in [0.3, 0.4) is 0 Å². The molecule has 5 nitrogen and oxygen atoms in total. The van der Waals surface area contributed by atoms with Crippen LogP contribution in [0, 0.1) is 5.41 Å². The normalized spacial score (nSPS) is 13.8. The van der Waals surface area contributed by atoms with Crippen molar-refractivity contribution in [1.82, 2.24) is 9.76 Å². The first-order valence-corrected chi connectivity index (χ1v) is 8.38. The zero-order valence-electron chi connectivity index (χ0n) is 10.5. The largest absolute Gasteiger partial charge is 0.313 e. The summed E-state index contributed by atoms with van der Waals surface area (Å²) < 4.78 is 13.5. The summed E-state index contributed by atoms with van der Waals surface area (Å²) >= 11 is 11.1. The SMILES string of the molecule is CC.N=CCCNP(N)(=O)N(CCCl)CCCl. The lowest BCUT2D eigenvalue weighted by Crippen LogP contribution is -2.35. The summed E-state index contributed by atoms with van der Waals surface area (Å²) in [6, 6.07) is 0. The molecule has 1 unspecified atom stereocenters. The maximum atomic E-state index is 12.0. The maximum absolute atomic E-state index is 12.0. The Kier molecular flexibility index (Phi) is 14.8. The molecule has 4 N–H and O–H groups in total. The summed E-state index contributed by atoms with van der Waals surface area (Å²) in [6.07, 6.45) is 1.73. The van der Waals surface area contributed by atoms with Crippen LogP contribution in [0.2, 0.25) is 0 Å². The van der Waals surface area contributed by atoms with E-state index in [1.54, 1.807) is 4.67 Å². The molecular weight excluding hydrogens is 282 g/mol. The molecule has 0 amide bonds. The smallest absolute Gasteiger partial charge is 0.279 e. The Hall–Kier alpha value is 0.360. The first-order chi connectivity index (χ1) is 8.08. The lowest BCUT2D eigenvalue weighted by atomic mass is 10.5. The van der Waals surface area contributed by atoms with E-state index in [4.69, 9.17) is 34.1 Å². The third kappa shape index (κ3) is 10.0. The minimum atomic E-state index is -3.05. The number of alkyl halides is 2. The average molecular weight is 305 g/mol. The first kappa shape index (κ1) is 19.7. The fourth-order valence-electron chi connectivity index (χ4n) is 1.00. The van der Waals surface area contributed by atoms with Gasteiger partial charge in [0.1, 0.15) is 0 Å². The van der Waals surface area contributed by atoms with Crippen molar-refractivity contribution < 1.29 is 4.57 Å². The molecule has 0 aromatic rings. The van der Waals surface area contributed by atoms with E-state index in [1.807, 2.05) is 13.8 Å². The second-order valence-corrected chi connectivity index (χ2v) is 5.74. The van der Waals surface area contributed by atoms with Crippen LogP contribution < -0.4 is 10.6 Å². The van der Waals surface area contributed by atoms with Crippen molar-refractivity contribution in [3.8, 4) is 0 Å². The van der Waals surface area contributed by atoms with E-state index in [9.17, 15) is 4.57 Å². The third-order valence-electron chi connectivity index (χ3n) is 1.73. The molecule has 0 spiro atoms. The molecule has 17 heavy (non-hydrogen) atoms. The molecular formula is C9H23Cl2N4OP. The molecule has 0 aliphatic heterocycles. The molecule has 0 saturated carbocycles. The van der Waals surface area contributed by atoms with Crippen LogP contribution in [0.25, 0.3) is 0 Å². The van der Waals surface area contributed by atoms with E-state index in [0.29, 0.717) is 37.8 Å². The zero-order chi connectivity index (χ0) is 13.7. The van der Waals surface area contributed by atoms with Crippen LogP contribution in [-0.4, -0.2) is 42.3 Å². The Bertz CT molecular complexity index is 225. The summed E-state index contributed by atoms with van der Waals surface area (Å²) in [7, 11) is -3.05. The van der Waals surface area contributed by atoms with Gasteiger partial charge in [-0.2, -0.15) is 0 Å². The molecule has 8 heteroatoms. The number of halogens is 2. The Morgan fingerprint density at radius 3 is 2.18 bits per heavy atom. The Morgan fingerprint density at radius 1 is 1.35 bits per heavy atom. The first-order valence-electron chi connectivity index (χ1n) is 5.58. The second-order valence-electron chi connectivity index (χ2n) is 2.86. The van der Waals surface area contributed by atoms with Gasteiger partial charge >= 0.3 is 0 Å². The second kappa shape index (κ2) is 12.8. The van der Waals surface area contributed by atoms with E-state index in [0.717, 1.165) is 0 Å². The summed E-state index contributed by atoms with van der Waals surface area (Å²) in [6.45, 7) is 5.28.